The van der Waals surface area contributed by atoms with Crippen LogP contribution < -0.4 is 0 Å². The van der Waals surface area contributed by atoms with Crippen LogP contribution in [-0.2, 0) is 9.53 Å². The predicted molar refractivity (Wildman–Crippen MR) is 125 cm³/mol. The van der Waals surface area contributed by atoms with Crippen LogP contribution in [0.4, 0.5) is 0 Å². The summed E-state index contributed by atoms with van der Waals surface area (Å²) in [6, 6.07) is 6.37. The van der Waals surface area contributed by atoms with Gasteiger partial charge < -0.3 is 9.84 Å². The molecule has 172 valence electrons. The molecule has 5 heteroatoms. The van der Waals surface area contributed by atoms with E-state index in [1.54, 1.807) is 0 Å². The summed E-state index contributed by atoms with van der Waals surface area (Å²) in [5.74, 6) is 0.819. The van der Waals surface area contributed by atoms with Gasteiger partial charge >= 0.3 is 5.97 Å². The summed E-state index contributed by atoms with van der Waals surface area (Å²) in [7, 11) is 0. The maximum atomic E-state index is 11.4. The molecule has 0 amide bonds. The molecule has 2 saturated carbocycles. The largest absolute Gasteiger partial charge is 0.481 e. The van der Waals surface area contributed by atoms with E-state index in [-0.39, 0.29) is 18.6 Å². The maximum Gasteiger partial charge on any atom is 0.305 e. The lowest BCUT2D eigenvalue weighted by molar-refractivity contribution is -0.148. The Morgan fingerprint density at radius 1 is 1.03 bits per heavy atom. The molecule has 4 rings (SSSR count). The van der Waals surface area contributed by atoms with E-state index in [4.69, 9.17) is 16.3 Å². The van der Waals surface area contributed by atoms with Crippen molar-refractivity contribution in [2.75, 3.05) is 13.1 Å². The Hall–Kier alpha value is -1.10. The van der Waals surface area contributed by atoms with E-state index in [0.717, 1.165) is 48.4 Å². The number of benzene rings is 1. The molecular weight excluding hydrogens is 410 g/mol. The third-order valence-electron chi connectivity index (χ3n) is 7.82. The van der Waals surface area contributed by atoms with Gasteiger partial charge in [-0.15, -0.1) is 0 Å². The fourth-order valence-electron chi connectivity index (χ4n) is 6.23. The number of aryl methyl sites for hydroxylation is 1. The van der Waals surface area contributed by atoms with Crippen LogP contribution in [0.25, 0.3) is 0 Å². The van der Waals surface area contributed by atoms with Gasteiger partial charge in [-0.3, -0.25) is 9.69 Å². The van der Waals surface area contributed by atoms with Gasteiger partial charge in [0.2, 0.25) is 0 Å². The van der Waals surface area contributed by atoms with Crippen LogP contribution in [0.15, 0.2) is 18.2 Å². The van der Waals surface area contributed by atoms with Gasteiger partial charge in [-0.25, -0.2) is 0 Å². The number of carboxylic acids is 1. The molecule has 3 atom stereocenters. The van der Waals surface area contributed by atoms with Crippen molar-refractivity contribution in [2.24, 2.45) is 11.8 Å². The molecular formula is C26H38ClNO3. The van der Waals surface area contributed by atoms with E-state index >= 15 is 0 Å². The highest BCUT2D eigenvalue weighted by molar-refractivity contribution is 6.30. The van der Waals surface area contributed by atoms with Crippen molar-refractivity contribution in [3.05, 3.63) is 34.3 Å². The van der Waals surface area contributed by atoms with Crippen molar-refractivity contribution in [1.82, 2.24) is 4.90 Å². The summed E-state index contributed by atoms with van der Waals surface area (Å²) in [5, 5.41) is 10.1. The fourth-order valence-corrected chi connectivity index (χ4v) is 6.45. The Bertz CT molecular complexity index is 724. The summed E-state index contributed by atoms with van der Waals surface area (Å²) < 4.78 is 6.56. The van der Waals surface area contributed by atoms with Gasteiger partial charge in [-0.2, -0.15) is 0 Å². The summed E-state index contributed by atoms with van der Waals surface area (Å²) in [6.07, 6.45) is 12.5. The summed E-state index contributed by atoms with van der Waals surface area (Å²) in [6.45, 7) is 4.43. The lowest BCUT2D eigenvalue weighted by atomic mass is 9.88. The van der Waals surface area contributed by atoms with Crippen molar-refractivity contribution in [2.45, 2.75) is 95.8 Å². The third-order valence-corrected chi connectivity index (χ3v) is 8.05. The average Bonchev–Trinajstić information content (AvgIpc) is 3.41. The van der Waals surface area contributed by atoms with Crippen molar-refractivity contribution in [3.8, 4) is 0 Å². The number of rotatable bonds is 8. The van der Waals surface area contributed by atoms with Crippen LogP contribution in [0.1, 0.15) is 87.9 Å². The van der Waals surface area contributed by atoms with Gasteiger partial charge in [0, 0.05) is 24.2 Å². The first-order valence-electron chi connectivity index (χ1n) is 12.4. The van der Waals surface area contributed by atoms with Crippen LogP contribution in [0.5, 0.6) is 0 Å². The molecule has 1 aromatic rings. The number of hydrogen-bond acceptors (Lipinski definition) is 3. The molecule has 1 aromatic carbocycles. The molecule has 0 aromatic heterocycles. The van der Waals surface area contributed by atoms with Crippen LogP contribution in [0.3, 0.4) is 0 Å². The standard InChI is InChI=1S/C26H38ClNO3/c1-18-14-21(27)10-12-23(18)26-24(13-11-22(31-26)15-25(29)30)28(16-19-6-2-3-7-19)17-20-8-4-5-9-20/h10,12,14,19-20,22,24,26H,2-9,11,13,15-17H2,1H3,(H,29,30)/t22-,24+,26-/m0/s1. The van der Waals surface area contributed by atoms with E-state index in [1.165, 1.54) is 56.9 Å². The molecule has 3 aliphatic rings. The van der Waals surface area contributed by atoms with E-state index in [2.05, 4.69) is 17.9 Å². The maximum absolute atomic E-state index is 11.4. The number of ether oxygens (including phenoxy) is 1. The van der Waals surface area contributed by atoms with Crippen LogP contribution in [0, 0.1) is 18.8 Å². The molecule has 0 spiro atoms. The highest BCUT2D eigenvalue weighted by Crippen LogP contribution is 2.40. The lowest BCUT2D eigenvalue weighted by Gasteiger charge is -2.44. The van der Waals surface area contributed by atoms with Crippen molar-refractivity contribution in [3.63, 3.8) is 0 Å². The average molecular weight is 448 g/mol. The highest BCUT2D eigenvalue weighted by Gasteiger charge is 2.39. The van der Waals surface area contributed by atoms with E-state index in [1.807, 2.05) is 12.1 Å². The zero-order chi connectivity index (χ0) is 21.8. The van der Waals surface area contributed by atoms with Crippen molar-refractivity contribution >= 4 is 17.6 Å². The second-order valence-corrected chi connectivity index (χ2v) is 10.6. The molecule has 1 aliphatic heterocycles. The number of halogens is 1. The van der Waals surface area contributed by atoms with Gasteiger partial charge in [0.15, 0.2) is 0 Å². The summed E-state index contributed by atoms with van der Waals surface area (Å²) >= 11 is 6.25. The predicted octanol–water partition coefficient (Wildman–Crippen LogP) is 6.39. The molecule has 3 fully saturated rings. The molecule has 4 nitrogen and oxygen atoms in total. The number of carboxylic acid groups (broad SMARTS) is 1. The number of hydrogen-bond donors (Lipinski definition) is 1. The molecule has 31 heavy (non-hydrogen) atoms. The minimum Gasteiger partial charge on any atom is -0.481 e. The molecule has 1 saturated heterocycles. The van der Waals surface area contributed by atoms with Crippen LogP contribution >= 0.6 is 11.6 Å². The molecule has 0 bridgehead atoms. The second-order valence-electron chi connectivity index (χ2n) is 10.2. The zero-order valence-electron chi connectivity index (χ0n) is 18.9. The Morgan fingerprint density at radius 2 is 1.65 bits per heavy atom. The quantitative estimate of drug-likeness (QED) is 0.501. The van der Waals surface area contributed by atoms with Gasteiger partial charge in [0.1, 0.15) is 0 Å². The third kappa shape index (κ3) is 6.03. The van der Waals surface area contributed by atoms with Gasteiger partial charge in [-0.1, -0.05) is 43.4 Å². The van der Waals surface area contributed by atoms with Gasteiger partial charge in [-0.05, 0) is 80.5 Å². The molecule has 2 aliphatic carbocycles. The van der Waals surface area contributed by atoms with E-state index in [9.17, 15) is 9.90 Å². The Kier molecular flexibility index (Phi) is 7.95. The fraction of sp³-hybridized carbons (Fsp3) is 0.731. The van der Waals surface area contributed by atoms with Crippen molar-refractivity contribution < 1.29 is 14.6 Å². The molecule has 0 unspecified atom stereocenters. The zero-order valence-corrected chi connectivity index (χ0v) is 19.7. The van der Waals surface area contributed by atoms with Crippen LogP contribution in [-0.4, -0.2) is 41.2 Å². The Morgan fingerprint density at radius 3 is 2.19 bits per heavy atom. The van der Waals surface area contributed by atoms with Gasteiger partial charge in [0.25, 0.3) is 0 Å². The molecule has 1 heterocycles. The number of carbonyl (C=O) groups is 1. The first kappa shape index (κ1) is 23.1. The van der Waals surface area contributed by atoms with Crippen LogP contribution in [0.2, 0.25) is 5.02 Å². The monoisotopic (exact) mass is 447 g/mol. The highest BCUT2D eigenvalue weighted by atomic mass is 35.5. The Balaban J connectivity index is 1.59. The first-order chi connectivity index (χ1) is 15.0. The minimum atomic E-state index is -0.774. The van der Waals surface area contributed by atoms with E-state index in [0.29, 0.717) is 6.04 Å². The Labute approximate surface area is 192 Å². The second kappa shape index (κ2) is 10.7. The SMILES string of the molecule is Cc1cc(Cl)ccc1[C@@H]1O[C@H](CC(=O)O)CC[C@H]1N(CC1CCCC1)CC1CCCC1. The molecule has 1 N–H and O–H groups in total. The smallest absolute Gasteiger partial charge is 0.305 e. The molecule has 0 radical (unpaired) electrons. The number of nitrogens with zero attached hydrogens (tertiary/aromatic N) is 1. The van der Waals surface area contributed by atoms with Crippen molar-refractivity contribution in [1.29, 1.82) is 0 Å². The first-order valence-corrected chi connectivity index (χ1v) is 12.7. The minimum absolute atomic E-state index is 0.0844. The topological polar surface area (TPSA) is 49.8 Å². The number of aliphatic carboxylic acids is 1. The summed E-state index contributed by atoms with van der Waals surface area (Å²) in [5.41, 5.74) is 2.31. The lowest BCUT2D eigenvalue weighted by Crippen LogP contribution is -2.48. The summed E-state index contributed by atoms with van der Waals surface area (Å²) in [4.78, 5) is 14.1. The van der Waals surface area contributed by atoms with Gasteiger partial charge in [0.05, 0.1) is 18.6 Å². The normalized spacial score (nSPS) is 27.9. The van der Waals surface area contributed by atoms with E-state index < -0.39 is 5.97 Å².